The molecule has 1 heterocycles. The first-order valence-electron chi connectivity index (χ1n) is 5.75. The molecule has 1 aromatic rings. The van der Waals surface area contributed by atoms with E-state index in [0.717, 1.165) is 12.8 Å². The quantitative estimate of drug-likeness (QED) is 0.822. The van der Waals surface area contributed by atoms with Gasteiger partial charge in [-0.15, -0.1) is 0 Å². The number of nitrogens with zero attached hydrogens (tertiary/aromatic N) is 2. The largest absolute Gasteiger partial charge is 0.478 e. The zero-order valence-corrected chi connectivity index (χ0v) is 10.4. The molecule has 1 rings (SSSR count). The molecule has 5 nitrogen and oxygen atoms in total. The van der Waals surface area contributed by atoms with Crippen molar-refractivity contribution >= 4 is 5.97 Å². The average Bonchev–Trinajstić information content (AvgIpc) is 2.34. The lowest BCUT2D eigenvalue weighted by Crippen LogP contribution is -2.12. The second-order valence-corrected chi connectivity index (χ2v) is 3.76. The third kappa shape index (κ3) is 3.23. The number of carboxylic acid groups (broad SMARTS) is 1. The Labute approximate surface area is 101 Å². The molecule has 1 unspecified atom stereocenters. The Hall–Kier alpha value is -1.49. The first-order chi connectivity index (χ1) is 8.13. The number of hydrogen-bond acceptors (Lipinski definition) is 4. The summed E-state index contributed by atoms with van der Waals surface area (Å²) in [5.74, 6) is -0.422. The van der Waals surface area contributed by atoms with Crippen LogP contribution in [0.3, 0.4) is 0 Å². The van der Waals surface area contributed by atoms with E-state index in [0.29, 0.717) is 17.9 Å². The van der Waals surface area contributed by atoms with E-state index in [-0.39, 0.29) is 11.7 Å². The van der Waals surface area contributed by atoms with Crippen molar-refractivity contribution in [3.05, 3.63) is 23.3 Å². The summed E-state index contributed by atoms with van der Waals surface area (Å²) in [4.78, 5) is 19.3. The minimum atomic E-state index is -0.988. The van der Waals surface area contributed by atoms with Crippen molar-refractivity contribution in [1.82, 2.24) is 9.97 Å². The van der Waals surface area contributed by atoms with Gasteiger partial charge in [-0.25, -0.2) is 14.8 Å². The van der Waals surface area contributed by atoms with Gasteiger partial charge in [0.2, 0.25) is 0 Å². The minimum absolute atomic E-state index is 0.159. The van der Waals surface area contributed by atoms with E-state index >= 15 is 0 Å². The highest BCUT2D eigenvalue weighted by Gasteiger charge is 2.17. The lowest BCUT2D eigenvalue weighted by atomic mass is 10.1. The number of carboxylic acids is 1. The second-order valence-electron chi connectivity index (χ2n) is 3.76. The van der Waals surface area contributed by atoms with Crippen LogP contribution in [0.2, 0.25) is 0 Å². The standard InChI is InChI=1S/C12H18N2O3/c1-4-6-10(17-3)11-13-7-8(12(15)16)9(5-2)14-11/h7,10H,4-6H2,1-3H3,(H,15,16). The average molecular weight is 238 g/mol. The summed E-state index contributed by atoms with van der Waals surface area (Å²) in [5, 5.41) is 8.98. The summed E-state index contributed by atoms with van der Waals surface area (Å²) in [7, 11) is 1.61. The molecule has 0 aliphatic rings. The molecule has 0 aliphatic heterocycles. The van der Waals surface area contributed by atoms with Crippen molar-refractivity contribution in [2.45, 2.75) is 39.2 Å². The predicted molar refractivity (Wildman–Crippen MR) is 63.0 cm³/mol. The summed E-state index contributed by atoms with van der Waals surface area (Å²) in [6.45, 7) is 3.93. The number of ether oxygens (including phenoxy) is 1. The summed E-state index contributed by atoms with van der Waals surface area (Å²) in [6, 6.07) is 0. The Morgan fingerprint density at radius 1 is 1.53 bits per heavy atom. The molecule has 1 aromatic heterocycles. The second kappa shape index (κ2) is 6.30. The number of hydrogen-bond donors (Lipinski definition) is 1. The normalized spacial score (nSPS) is 12.4. The van der Waals surface area contributed by atoms with E-state index in [1.807, 2.05) is 6.92 Å². The van der Waals surface area contributed by atoms with Crippen molar-refractivity contribution in [3.63, 3.8) is 0 Å². The van der Waals surface area contributed by atoms with E-state index < -0.39 is 5.97 Å². The molecule has 0 bridgehead atoms. The van der Waals surface area contributed by atoms with Crippen LogP contribution in [0.4, 0.5) is 0 Å². The lowest BCUT2D eigenvalue weighted by molar-refractivity contribution is 0.0691. The maximum absolute atomic E-state index is 10.9. The van der Waals surface area contributed by atoms with Crippen LogP contribution in [-0.2, 0) is 11.2 Å². The maximum Gasteiger partial charge on any atom is 0.339 e. The molecule has 1 atom stereocenters. The Morgan fingerprint density at radius 2 is 2.24 bits per heavy atom. The van der Waals surface area contributed by atoms with E-state index in [9.17, 15) is 4.79 Å². The van der Waals surface area contributed by atoms with Gasteiger partial charge in [-0.3, -0.25) is 0 Å². The van der Waals surface area contributed by atoms with Crippen LogP contribution in [-0.4, -0.2) is 28.2 Å². The molecule has 0 spiro atoms. The molecular weight excluding hydrogens is 220 g/mol. The van der Waals surface area contributed by atoms with E-state index in [1.54, 1.807) is 7.11 Å². The van der Waals surface area contributed by atoms with Crippen molar-refractivity contribution < 1.29 is 14.6 Å². The zero-order chi connectivity index (χ0) is 12.8. The van der Waals surface area contributed by atoms with Gasteiger partial charge < -0.3 is 9.84 Å². The van der Waals surface area contributed by atoms with Gasteiger partial charge >= 0.3 is 5.97 Å². The number of methoxy groups -OCH3 is 1. The molecule has 0 aromatic carbocycles. The van der Waals surface area contributed by atoms with Crippen LogP contribution in [0, 0.1) is 0 Å². The van der Waals surface area contributed by atoms with Gasteiger partial charge in [0, 0.05) is 13.3 Å². The molecule has 0 amide bonds. The van der Waals surface area contributed by atoms with Gasteiger partial charge in [0.1, 0.15) is 6.10 Å². The Balaban J connectivity index is 3.07. The topological polar surface area (TPSA) is 72.3 Å². The van der Waals surface area contributed by atoms with Gasteiger partial charge in [0.15, 0.2) is 5.82 Å². The highest BCUT2D eigenvalue weighted by Crippen LogP contribution is 2.19. The first-order valence-corrected chi connectivity index (χ1v) is 5.75. The van der Waals surface area contributed by atoms with Crippen LogP contribution < -0.4 is 0 Å². The summed E-state index contributed by atoms with van der Waals surface area (Å²) in [5.41, 5.74) is 0.725. The van der Waals surface area contributed by atoms with E-state index in [1.165, 1.54) is 6.20 Å². The third-order valence-electron chi connectivity index (χ3n) is 2.57. The minimum Gasteiger partial charge on any atom is -0.478 e. The summed E-state index contributed by atoms with van der Waals surface area (Å²) in [6.07, 6.45) is 3.56. The van der Waals surface area contributed by atoms with Crippen LogP contribution in [0.5, 0.6) is 0 Å². The van der Waals surface area contributed by atoms with Crippen molar-refractivity contribution in [2.24, 2.45) is 0 Å². The fraction of sp³-hybridized carbons (Fsp3) is 0.583. The van der Waals surface area contributed by atoms with Gasteiger partial charge in [-0.05, 0) is 12.8 Å². The predicted octanol–water partition coefficient (Wildman–Crippen LogP) is 2.22. The third-order valence-corrected chi connectivity index (χ3v) is 2.57. The zero-order valence-electron chi connectivity index (χ0n) is 10.4. The van der Waals surface area contributed by atoms with E-state index in [2.05, 4.69) is 16.9 Å². The molecule has 5 heteroatoms. The fourth-order valence-electron chi connectivity index (χ4n) is 1.65. The highest BCUT2D eigenvalue weighted by molar-refractivity contribution is 5.88. The smallest absolute Gasteiger partial charge is 0.339 e. The Bertz CT molecular complexity index is 393. The van der Waals surface area contributed by atoms with Crippen molar-refractivity contribution in [3.8, 4) is 0 Å². The van der Waals surface area contributed by atoms with Crippen LogP contribution >= 0.6 is 0 Å². The van der Waals surface area contributed by atoms with Crippen LogP contribution in [0.25, 0.3) is 0 Å². The van der Waals surface area contributed by atoms with Crippen molar-refractivity contribution in [1.29, 1.82) is 0 Å². The maximum atomic E-state index is 10.9. The number of aromatic nitrogens is 2. The molecule has 0 saturated carbocycles. The Kier molecular flexibility index (Phi) is 5.03. The number of rotatable bonds is 6. The SMILES string of the molecule is CCCC(OC)c1ncc(C(=O)O)c(CC)n1. The molecule has 0 aliphatic carbocycles. The molecule has 94 valence electrons. The van der Waals surface area contributed by atoms with Gasteiger partial charge in [0.25, 0.3) is 0 Å². The number of aryl methyl sites for hydroxylation is 1. The molecule has 0 fully saturated rings. The number of carbonyl (C=O) groups is 1. The Morgan fingerprint density at radius 3 is 2.71 bits per heavy atom. The summed E-state index contributed by atoms with van der Waals surface area (Å²) >= 11 is 0. The molecule has 0 radical (unpaired) electrons. The monoisotopic (exact) mass is 238 g/mol. The molecule has 1 N–H and O–H groups in total. The fourth-order valence-corrected chi connectivity index (χ4v) is 1.65. The van der Waals surface area contributed by atoms with Gasteiger partial charge in [-0.1, -0.05) is 20.3 Å². The first kappa shape index (κ1) is 13.6. The molecule has 0 saturated heterocycles. The number of aromatic carboxylic acids is 1. The molecule has 17 heavy (non-hydrogen) atoms. The molecular formula is C12H18N2O3. The lowest BCUT2D eigenvalue weighted by Gasteiger charge is -2.14. The highest BCUT2D eigenvalue weighted by atomic mass is 16.5. The van der Waals surface area contributed by atoms with Crippen LogP contribution in [0.1, 0.15) is 54.7 Å². The van der Waals surface area contributed by atoms with Crippen LogP contribution in [0.15, 0.2) is 6.20 Å². The van der Waals surface area contributed by atoms with Crippen molar-refractivity contribution in [2.75, 3.05) is 7.11 Å². The summed E-state index contributed by atoms with van der Waals surface area (Å²) < 4.78 is 5.30. The van der Waals surface area contributed by atoms with Gasteiger partial charge in [-0.2, -0.15) is 0 Å². The van der Waals surface area contributed by atoms with Gasteiger partial charge in [0.05, 0.1) is 11.3 Å². The van der Waals surface area contributed by atoms with E-state index in [4.69, 9.17) is 9.84 Å².